The van der Waals surface area contributed by atoms with E-state index in [9.17, 15) is 9.59 Å². The molecule has 0 radical (unpaired) electrons. The maximum absolute atomic E-state index is 12.5. The zero-order chi connectivity index (χ0) is 24.8. The lowest BCUT2D eigenvalue weighted by Crippen LogP contribution is -2.24. The predicted molar refractivity (Wildman–Crippen MR) is 137 cm³/mol. The van der Waals surface area contributed by atoms with Crippen LogP contribution in [0.1, 0.15) is 32.9 Å². The Morgan fingerprint density at radius 2 is 1.77 bits per heavy atom. The molecule has 2 heterocycles. The Morgan fingerprint density at radius 3 is 2.57 bits per heavy atom. The van der Waals surface area contributed by atoms with Crippen LogP contribution in [-0.4, -0.2) is 37.3 Å². The van der Waals surface area contributed by atoms with E-state index in [1.807, 2.05) is 49.6 Å². The van der Waals surface area contributed by atoms with Gasteiger partial charge in [-0.3, -0.25) is 19.1 Å². The molecule has 2 N–H and O–H groups in total. The van der Waals surface area contributed by atoms with E-state index in [2.05, 4.69) is 44.0 Å². The Hall–Kier alpha value is -3.98. The van der Waals surface area contributed by atoms with Gasteiger partial charge in [-0.25, -0.2) is 0 Å². The number of thioether (sulfide) groups is 1. The molecule has 0 unspecified atom stereocenters. The molecule has 35 heavy (non-hydrogen) atoms. The van der Waals surface area contributed by atoms with Gasteiger partial charge in [0.2, 0.25) is 5.91 Å². The summed E-state index contributed by atoms with van der Waals surface area (Å²) in [6.45, 7) is 6.34. The van der Waals surface area contributed by atoms with Crippen LogP contribution in [-0.2, 0) is 11.3 Å². The van der Waals surface area contributed by atoms with Gasteiger partial charge in [-0.1, -0.05) is 36.0 Å². The summed E-state index contributed by atoms with van der Waals surface area (Å²) in [7, 11) is 0. The second kappa shape index (κ2) is 11.0. The Balaban J connectivity index is 1.34. The molecule has 178 valence electrons. The van der Waals surface area contributed by atoms with Crippen LogP contribution in [0.15, 0.2) is 72.1 Å². The minimum absolute atomic E-state index is 0.116. The van der Waals surface area contributed by atoms with Crippen molar-refractivity contribution >= 4 is 29.3 Å². The SMILES string of the molecule is Cc1ccc(C)c(-n2c(C)nnc2SCC(=O)NCc2cccc(NC(=O)c3ccncc3)c2)c1. The Kier molecular flexibility index (Phi) is 7.57. The number of hydrogen-bond acceptors (Lipinski definition) is 6. The number of nitrogens with zero attached hydrogens (tertiary/aromatic N) is 4. The van der Waals surface area contributed by atoms with Crippen LogP contribution in [0.4, 0.5) is 5.69 Å². The zero-order valence-electron chi connectivity index (χ0n) is 19.8. The zero-order valence-corrected chi connectivity index (χ0v) is 20.6. The molecule has 0 atom stereocenters. The first-order chi connectivity index (χ1) is 16.9. The van der Waals surface area contributed by atoms with Gasteiger partial charge in [0.05, 0.1) is 11.4 Å². The molecule has 9 heteroatoms. The summed E-state index contributed by atoms with van der Waals surface area (Å²) >= 11 is 1.34. The molecule has 0 saturated carbocycles. The van der Waals surface area contributed by atoms with E-state index in [1.54, 1.807) is 24.5 Å². The minimum atomic E-state index is -0.215. The van der Waals surface area contributed by atoms with E-state index in [4.69, 9.17) is 0 Å². The molecule has 2 amide bonds. The van der Waals surface area contributed by atoms with Crippen LogP contribution < -0.4 is 10.6 Å². The van der Waals surface area contributed by atoms with Gasteiger partial charge in [-0.05, 0) is 67.8 Å². The molecule has 0 saturated heterocycles. The minimum Gasteiger partial charge on any atom is -0.351 e. The average molecular weight is 487 g/mol. The normalized spacial score (nSPS) is 10.7. The van der Waals surface area contributed by atoms with Crippen molar-refractivity contribution in [3.05, 3.63) is 95.1 Å². The highest BCUT2D eigenvalue weighted by Gasteiger charge is 2.15. The molecular formula is C26H26N6O2S. The lowest BCUT2D eigenvalue weighted by atomic mass is 10.1. The Bertz CT molecular complexity index is 1350. The van der Waals surface area contributed by atoms with E-state index < -0.39 is 0 Å². The number of nitrogens with one attached hydrogen (secondary N) is 2. The van der Waals surface area contributed by atoms with Gasteiger partial charge >= 0.3 is 0 Å². The highest BCUT2D eigenvalue weighted by atomic mass is 32.2. The molecule has 4 rings (SSSR count). The molecule has 0 aliphatic carbocycles. The first-order valence-corrected chi connectivity index (χ1v) is 12.1. The smallest absolute Gasteiger partial charge is 0.255 e. The monoisotopic (exact) mass is 486 g/mol. The number of carbonyl (C=O) groups is 2. The molecule has 0 aliphatic heterocycles. The number of carbonyl (C=O) groups excluding carboxylic acids is 2. The first kappa shape index (κ1) is 24.2. The molecule has 0 aliphatic rings. The van der Waals surface area contributed by atoms with Crippen LogP contribution in [0.25, 0.3) is 5.69 Å². The molecule has 2 aromatic heterocycles. The summed E-state index contributed by atoms with van der Waals surface area (Å²) in [5.41, 5.74) is 5.34. The number of aryl methyl sites for hydroxylation is 3. The van der Waals surface area contributed by atoms with Gasteiger partial charge in [-0.2, -0.15) is 0 Å². The standard InChI is InChI=1S/C26H26N6O2S/c1-17-7-8-18(2)23(13-17)32-19(3)30-31-26(32)35-16-24(33)28-15-20-5-4-6-22(14-20)29-25(34)21-9-11-27-12-10-21/h4-14H,15-16H2,1-3H3,(H,28,33)(H,29,34). The number of rotatable bonds is 8. The summed E-state index contributed by atoms with van der Waals surface area (Å²) in [5, 5.41) is 14.9. The second-order valence-corrected chi connectivity index (χ2v) is 9.05. The largest absolute Gasteiger partial charge is 0.351 e. The number of hydrogen-bond donors (Lipinski definition) is 2. The average Bonchev–Trinajstić information content (AvgIpc) is 3.23. The molecular weight excluding hydrogens is 460 g/mol. The number of benzene rings is 2. The lowest BCUT2D eigenvalue weighted by Gasteiger charge is -2.12. The summed E-state index contributed by atoms with van der Waals surface area (Å²) in [4.78, 5) is 28.8. The van der Waals surface area contributed by atoms with Gasteiger partial charge in [0.15, 0.2) is 5.16 Å². The van der Waals surface area contributed by atoms with E-state index in [1.165, 1.54) is 11.8 Å². The number of pyridine rings is 1. The van der Waals surface area contributed by atoms with E-state index in [0.717, 1.165) is 28.2 Å². The van der Waals surface area contributed by atoms with Crippen LogP contribution in [0.2, 0.25) is 0 Å². The third kappa shape index (κ3) is 6.13. The fourth-order valence-corrected chi connectivity index (χ4v) is 4.34. The molecule has 0 fully saturated rings. The van der Waals surface area contributed by atoms with Gasteiger partial charge in [0.25, 0.3) is 5.91 Å². The number of anilines is 1. The summed E-state index contributed by atoms with van der Waals surface area (Å²) in [6, 6.07) is 16.9. The van der Waals surface area contributed by atoms with Crippen molar-refractivity contribution < 1.29 is 9.59 Å². The third-order valence-electron chi connectivity index (χ3n) is 5.35. The Morgan fingerprint density at radius 1 is 0.971 bits per heavy atom. The van der Waals surface area contributed by atoms with Crippen LogP contribution >= 0.6 is 11.8 Å². The third-order valence-corrected chi connectivity index (χ3v) is 6.28. The van der Waals surface area contributed by atoms with Crippen LogP contribution in [0, 0.1) is 20.8 Å². The topological polar surface area (TPSA) is 102 Å². The summed E-state index contributed by atoms with van der Waals surface area (Å²) in [6.07, 6.45) is 3.15. The molecule has 2 aromatic carbocycles. The Labute approximate surface area is 208 Å². The highest BCUT2D eigenvalue weighted by molar-refractivity contribution is 7.99. The first-order valence-electron chi connectivity index (χ1n) is 11.1. The maximum atomic E-state index is 12.5. The molecule has 0 bridgehead atoms. The van der Waals surface area contributed by atoms with Crippen molar-refractivity contribution in [3.63, 3.8) is 0 Å². The summed E-state index contributed by atoms with van der Waals surface area (Å²) in [5.74, 6) is 0.649. The van der Waals surface area contributed by atoms with Crippen molar-refractivity contribution in [2.45, 2.75) is 32.5 Å². The fraction of sp³-hybridized carbons (Fsp3) is 0.192. The van der Waals surface area contributed by atoms with Crippen LogP contribution in [0.5, 0.6) is 0 Å². The van der Waals surface area contributed by atoms with E-state index in [-0.39, 0.29) is 17.6 Å². The van der Waals surface area contributed by atoms with E-state index >= 15 is 0 Å². The maximum Gasteiger partial charge on any atom is 0.255 e. The quantitative estimate of drug-likeness (QED) is 0.361. The van der Waals surface area contributed by atoms with Crippen molar-refractivity contribution in [2.75, 3.05) is 11.1 Å². The van der Waals surface area contributed by atoms with Gasteiger partial charge in [-0.15, -0.1) is 10.2 Å². The number of aromatic nitrogens is 4. The van der Waals surface area contributed by atoms with Crippen molar-refractivity contribution in [1.29, 1.82) is 0 Å². The van der Waals surface area contributed by atoms with Crippen LogP contribution in [0.3, 0.4) is 0 Å². The van der Waals surface area contributed by atoms with Crippen molar-refractivity contribution in [3.8, 4) is 5.69 Å². The van der Waals surface area contributed by atoms with Gasteiger partial charge in [0, 0.05) is 30.2 Å². The molecule has 4 aromatic rings. The number of amides is 2. The fourth-order valence-electron chi connectivity index (χ4n) is 3.52. The lowest BCUT2D eigenvalue weighted by molar-refractivity contribution is -0.118. The van der Waals surface area contributed by atoms with E-state index in [0.29, 0.717) is 23.0 Å². The van der Waals surface area contributed by atoms with Crippen molar-refractivity contribution in [1.82, 2.24) is 25.1 Å². The highest BCUT2D eigenvalue weighted by Crippen LogP contribution is 2.24. The molecule has 0 spiro atoms. The predicted octanol–water partition coefficient (Wildman–Crippen LogP) is 4.25. The second-order valence-electron chi connectivity index (χ2n) is 8.11. The van der Waals surface area contributed by atoms with Crippen molar-refractivity contribution in [2.24, 2.45) is 0 Å². The molecule has 8 nitrogen and oxygen atoms in total. The van der Waals surface area contributed by atoms with Gasteiger partial charge in [0.1, 0.15) is 5.82 Å². The summed E-state index contributed by atoms with van der Waals surface area (Å²) < 4.78 is 1.98. The van der Waals surface area contributed by atoms with Gasteiger partial charge < -0.3 is 10.6 Å².